The van der Waals surface area contributed by atoms with Crippen LogP contribution >= 0.6 is 11.6 Å². The van der Waals surface area contributed by atoms with Crippen LogP contribution in [0.1, 0.15) is 41.2 Å². The highest BCUT2D eigenvalue weighted by Gasteiger charge is 2.28. The normalized spacial score (nSPS) is 16.3. The van der Waals surface area contributed by atoms with E-state index in [1.807, 2.05) is 54.6 Å². The molecule has 0 saturated heterocycles. The zero-order valence-electron chi connectivity index (χ0n) is 16.7. The molecule has 0 spiro atoms. The average Bonchev–Trinajstić information content (AvgIpc) is 3.25. The molecule has 3 heterocycles. The summed E-state index contributed by atoms with van der Waals surface area (Å²) in [7, 11) is 0. The summed E-state index contributed by atoms with van der Waals surface area (Å²) in [4.78, 5) is 15.1. The molecule has 0 saturated carbocycles. The summed E-state index contributed by atoms with van der Waals surface area (Å²) in [6, 6.07) is 10.1. The Labute approximate surface area is 170 Å². The van der Waals surface area contributed by atoms with Crippen molar-refractivity contribution in [3.8, 4) is 5.69 Å². The van der Waals surface area contributed by atoms with Crippen LogP contribution in [-0.4, -0.2) is 31.7 Å². The third-order valence-electron chi connectivity index (χ3n) is 5.83. The van der Waals surface area contributed by atoms with Gasteiger partial charge in [-0.05, 0) is 57.5 Å². The van der Waals surface area contributed by atoms with Crippen LogP contribution in [0.5, 0.6) is 0 Å². The number of aromatic nitrogens is 3. The summed E-state index contributed by atoms with van der Waals surface area (Å²) in [5.41, 5.74) is 6.01. The average molecular weight is 397 g/mol. The fourth-order valence-corrected chi connectivity index (χ4v) is 4.24. The molecular weight excluding hydrogens is 372 g/mol. The number of hydrogen-bond donors (Lipinski definition) is 0. The van der Waals surface area contributed by atoms with Crippen LogP contribution in [0.2, 0.25) is 5.02 Å². The van der Waals surface area contributed by atoms with E-state index >= 15 is 0 Å². The Morgan fingerprint density at radius 1 is 1.21 bits per heavy atom. The molecule has 4 rings (SSSR count). The molecule has 146 valence electrons. The second kappa shape index (κ2) is 7.13. The summed E-state index contributed by atoms with van der Waals surface area (Å²) in [6.45, 7) is 9.64. The first-order chi connectivity index (χ1) is 13.4. The van der Waals surface area contributed by atoms with E-state index in [1.165, 1.54) is 5.69 Å². The topological polar surface area (TPSA) is 43.1 Å². The second-order valence-corrected chi connectivity index (χ2v) is 7.97. The predicted molar refractivity (Wildman–Crippen MR) is 111 cm³/mol. The summed E-state index contributed by atoms with van der Waals surface area (Å²) in [6.07, 6.45) is 2.45. The van der Waals surface area contributed by atoms with Crippen LogP contribution in [0.15, 0.2) is 36.5 Å². The molecule has 3 aromatic rings. The molecule has 1 atom stereocenters. The van der Waals surface area contributed by atoms with Crippen LogP contribution in [0.25, 0.3) is 5.69 Å². The van der Waals surface area contributed by atoms with Gasteiger partial charge in [-0.3, -0.25) is 4.79 Å². The SMILES string of the molecule is Cc1ccc(-n2nc(C)c(CC(=O)N3CCn4cccc4C3C)c2C)cc1Cl. The van der Waals surface area contributed by atoms with E-state index in [0.29, 0.717) is 11.4 Å². The van der Waals surface area contributed by atoms with Crippen molar-refractivity contribution >= 4 is 17.5 Å². The van der Waals surface area contributed by atoms with Crippen molar-refractivity contribution in [3.63, 3.8) is 0 Å². The monoisotopic (exact) mass is 396 g/mol. The maximum atomic E-state index is 13.1. The summed E-state index contributed by atoms with van der Waals surface area (Å²) >= 11 is 6.29. The van der Waals surface area contributed by atoms with Crippen molar-refractivity contribution in [2.45, 2.75) is 46.7 Å². The van der Waals surface area contributed by atoms with Gasteiger partial charge in [-0.2, -0.15) is 5.10 Å². The molecule has 1 unspecified atom stereocenters. The number of fused-ring (bicyclic) bond motifs is 1. The minimum Gasteiger partial charge on any atom is -0.348 e. The van der Waals surface area contributed by atoms with Crippen molar-refractivity contribution in [1.82, 2.24) is 19.2 Å². The number of amides is 1. The van der Waals surface area contributed by atoms with Crippen LogP contribution in [0, 0.1) is 20.8 Å². The van der Waals surface area contributed by atoms with Gasteiger partial charge in [0.15, 0.2) is 0 Å². The Bertz CT molecular complexity index is 1050. The van der Waals surface area contributed by atoms with Crippen molar-refractivity contribution in [2.75, 3.05) is 6.54 Å². The van der Waals surface area contributed by atoms with Gasteiger partial charge in [0.05, 0.1) is 23.8 Å². The zero-order valence-corrected chi connectivity index (χ0v) is 17.5. The molecule has 6 heteroatoms. The first kappa shape index (κ1) is 18.8. The Morgan fingerprint density at radius 2 is 2.00 bits per heavy atom. The van der Waals surface area contributed by atoms with Crippen molar-refractivity contribution in [2.24, 2.45) is 0 Å². The number of nitrogens with zero attached hydrogens (tertiary/aromatic N) is 4. The molecule has 5 nitrogen and oxygen atoms in total. The van der Waals surface area contributed by atoms with E-state index in [-0.39, 0.29) is 11.9 Å². The first-order valence-electron chi connectivity index (χ1n) is 9.63. The molecule has 2 aromatic heterocycles. The van der Waals surface area contributed by atoms with Crippen molar-refractivity contribution in [3.05, 3.63) is 69.8 Å². The number of benzene rings is 1. The van der Waals surface area contributed by atoms with Gasteiger partial charge in [0.1, 0.15) is 0 Å². The van der Waals surface area contributed by atoms with Crippen LogP contribution in [-0.2, 0) is 17.8 Å². The summed E-state index contributed by atoms with van der Waals surface area (Å²) in [5.74, 6) is 0.146. The van der Waals surface area contributed by atoms with E-state index < -0.39 is 0 Å². The fraction of sp³-hybridized carbons (Fsp3) is 0.364. The van der Waals surface area contributed by atoms with Gasteiger partial charge < -0.3 is 9.47 Å². The quantitative estimate of drug-likeness (QED) is 0.658. The van der Waals surface area contributed by atoms with Crippen molar-refractivity contribution in [1.29, 1.82) is 0 Å². The predicted octanol–water partition coefficient (Wildman–Crippen LogP) is 4.40. The Morgan fingerprint density at radius 3 is 2.75 bits per heavy atom. The fourth-order valence-electron chi connectivity index (χ4n) is 4.07. The smallest absolute Gasteiger partial charge is 0.227 e. The van der Waals surface area contributed by atoms with E-state index in [9.17, 15) is 4.79 Å². The minimum absolute atomic E-state index is 0.0859. The maximum absolute atomic E-state index is 13.1. The van der Waals surface area contributed by atoms with E-state index in [2.05, 4.69) is 28.9 Å². The number of hydrogen-bond acceptors (Lipinski definition) is 2. The third kappa shape index (κ3) is 3.14. The zero-order chi connectivity index (χ0) is 20.0. The van der Waals surface area contributed by atoms with Gasteiger partial charge in [-0.25, -0.2) is 4.68 Å². The maximum Gasteiger partial charge on any atom is 0.227 e. The van der Waals surface area contributed by atoms with E-state index in [1.54, 1.807) is 0 Å². The Balaban J connectivity index is 1.59. The molecule has 0 aliphatic carbocycles. The molecular formula is C22H25ClN4O. The van der Waals surface area contributed by atoms with Crippen LogP contribution in [0.4, 0.5) is 0 Å². The van der Waals surface area contributed by atoms with Gasteiger partial charge in [0.2, 0.25) is 5.91 Å². The lowest BCUT2D eigenvalue weighted by atomic mass is 10.1. The van der Waals surface area contributed by atoms with Crippen LogP contribution in [0.3, 0.4) is 0 Å². The number of carbonyl (C=O) groups excluding carboxylic acids is 1. The molecule has 1 amide bonds. The van der Waals surface area contributed by atoms with E-state index in [4.69, 9.17) is 11.6 Å². The molecule has 0 radical (unpaired) electrons. The lowest BCUT2D eigenvalue weighted by Crippen LogP contribution is -2.41. The molecule has 0 bridgehead atoms. The van der Waals surface area contributed by atoms with Crippen molar-refractivity contribution < 1.29 is 4.79 Å². The number of carbonyl (C=O) groups is 1. The lowest BCUT2D eigenvalue weighted by molar-refractivity contribution is -0.133. The Kier molecular flexibility index (Phi) is 4.79. The number of aryl methyl sites for hydroxylation is 2. The largest absolute Gasteiger partial charge is 0.348 e. The molecule has 0 fully saturated rings. The molecule has 1 aliphatic rings. The van der Waals surface area contributed by atoms with Crippen LogP contribution < -0.4 is 0 Å². The van der Waals surface area contributed by atoms with Gasteiger partial charge in [0, 0.05) is 41.3 Å². The van der Waals surface area contributed by atoms with E-state index in [0.717, 1.165) is 41.3 Å². The van der Waals surface area contributed by atoms with Gasteiger partial charge in [-0.1, -0.05) is 17.7 Å². The number of rotatable bonds is 3. The molecule has 1 aliphatic heterocycles. The van der Waals surface area contributed by atoms with Gasteiger partial charge in [-0.15, -0.1) is 0 Å². The first-order valence-corrected chi connectivity index (χ1v) is 10.0. The Hall–Kier alpha value is -2.53. The minimum atomic E-state index is 0.0859. The molecule has 0 N–H and O–H groups in total. The molecule has 1 aromatic carbocycles. The standard InChI is InChI=1S/C22H25ClN4O/c1-14-7-8-18(12-20(14)23)27-16(3)19(15(2)24-27)13-22(28)26-11-10-25-9-5-6-21(25)17(26)4/h5-9,12,17H,10-11,13H2,1-4H3. The van der Waals surface area contributed by atoms with Gasteiger partial charge >= 0.3 is 0 Å². The highest BCUT2D eigenvalue weighted by molar-refractivity contribution is 6.31. The number of halogens is 1. The summed E-state index contributed by atoms with van der Waals surface area (Å²) in [5, 5.41) is 5.39. The highest BCUT2D eigenvalue weighted by Crippen LogP contribution is 2.28. The lowest BCUT2D eigenvalue weighted by Gasteiger charge is -2.35. The molecule has 28 heavy (non-hydrogen) atoms. The third-order valence-corrected chi connectivity index (χ3v) is 6.24. The second-order valence-electron chi connectivity index (χ2n) is 7.56. The summed E-state index contributed by atoms with van der Waals surface area (Å²) < 4.78 is 4.11. The van der Waals surface area contributed by atoms with Gasteiger partial charge in [0.25, 0.3) is 0 Å². The highest BCUT2D eigenvalue weighted by atomic mass is 35.5.